The Morgan fingerprint density at radius 1 is 1.37 bits per heavy atom. The molecule has 0 spiro atoms. The van der Waals surface area contributed by atoms with Gasteiger partial charge in [-0.25, -0.2) is 0 Å². The number of carboxylic acids is 1. The molecule has 1 heterocycles. The molecule has 27 heavy (non-hydrogen) atoms. The van der Waals surface area contributed by atoms with Crippen LogP contribution in [0.2, 0.25) is 0 Å². The molecule has 1 fully saturated rings. The van der Waals surface area contributed by atoms with E-state index in [1.165, 1.54) is 30.0 Å². The van der Waals surface area contributed by atoms with Crippen LogP contribution in [0.1, 0.15) is 36.2 Å². The van der Waals surface area contributed by atoms with E-state index >= 15 is 0 Å². The Kier molecular flexibility index (Phi) is 5.82. The second-order valence-electron chi connectivity index (χ2n) is 7.12. The number of benzene rings is 1. The summed E-state index contributed by atoms with van der Waals surface area (Å²) in [6.07, 6.45) is 0.376. The van der Waals surface area contributed by atoms with Crippen molar-refractivity contribution in [3.8, 4) is 0 Å². The lowest BCUT2D eigenvalue weighted by molar-refractivity contribution is -0.385. The highest BCUT2D eigenvalue weighted by molar-refractivity contribution is 5.97. The quantitative estimate of drug-likeness (QED) is 0.572. The van der Waals surface area contributed by atoms with Gasteiger partial charge in [0, 0.05) is 30.3 Å². The fourth-order valence-electron chi connectivity index (χ4n) is 3.31. The van der Waals surface area contributed by atoms with Crippen LogP contribution < -0.4 is 5.32 Å². The van der Waals surface area contributed by atoms with Gasteiger partial charge in [-0.15, -0.1) is 0 Å². The molecule has 1 aromatic rings. The summed E-state index contributed by atoms with van der Waals surface area (Å²) in [7, 11) is 0. The van der Waals surface area contributed by atoms with E-state index in [-0.39, 0.29) is 36.2 Å². The van der Waals surface area contributed by atoms with E-state index < -0.39 is 22.2 Å². The number of aliphatic carboxylic acids is 1. The van der Waals surface area contributed by atoms with Crippen LogP contribution in [0, 0.1) is 28.4 Å². The number of nitro groups is 1. The summed E-state index contributed by atoms with van der Waals surface area (Å²) in [5, 5.41) is 22.8. The number of carbonyl (C=O) groups excluding carboxylic acids is 2. The van der Waals surface area contributed by atoms with Crippen LogP contribution >= 0.6 is 0 Å². The zero-order valence-electron chi connectivity index (χ0n) is 15.5. The van der Waals surface area contributed by atoms with Crippen molar-refractivity contribution in [1.82, 2.24) is 10.2 Å². The molecule has 1 saturated heterocycles. The summed E-state index contributed by atoms with van der Waals surface area (Å²) in [5.74, 6) is -1.91. The molecule has 2 rings (SSSR count). The Morgan fingerprint density at radius 3 is 2.52 bits per heavy atom. The van der Waals surface area contributed by atoms with Crippen molar-refractivity contribution < 1.29 is 24.4 Å². The number of hydrogen-bond donors (Lipinski definition) is 2. The summed E-state index contributed by atoms with van der Waals surface area (Å²) < 4.78 is 0. The fourth-order valence-corrected chi connectivity index (χ4v) is 3.31. The maximum Gasteiger partial charge on any atom is 0.311 e. The highest BCUT2D eigenvalue weighted by Crippen LogP contribution is 2.38. The van der Waals surface area contributed by atoms with Gasteiger partial charge in [0.05, 0.1) is 16.9 Å². The van der Waals surface area contributed by atoms with Crippen molar-refractivity contribution in [2.75, 3.05) is 19.6 Å². The average molecular weight is 377 g/mol. The molecule has 1 atom stereocenters. The minimum atomic E-state index is -0.963. The first-order valence-corrected chi connectivity index (χ1v) is 8.63. The third-order valence-corrected chi connectivity index (χ3v) is 5.24. The van der Waals surface area contributed by atoms with Crippen LogP contribution in [0.4, 0.5) is 5.69 Å². The molecule has 0 saturated carbocycles. The van der Waals surface area contributed by atoms with Gasteiger partial charge in [0.2, 0.25) is 5.91 Å². The molecule has 146 valence electrons. The second kappa shape index (κ2) is 7.73. The number of hydrogen-bond acceptors (Lipinski definition) is 5. The lowest BCUT2D eigenvalue weighted by Crippen LogP contribution is -2.43. The van der Waals surface area contributed by atoms with Crippen molar-refractivity contribution in [1.29, 1.82) is 0 Å². The predicted octanol–water partition coefficient (Wildman–Crippen LogP) is 1.59. The SMILES string of the molecule is Cc1cc(C(=O)NCC(=O)N2CCC(C(=O)O)(C(C)C)C2)ccc1[N+](=O)[O-]. The number of likely N-dealkylation sites (tertiary alicyclic amines) is 1. The molecule has 0 radical (unpaired) electrons. The highest BCUT2D eigenvalue weighted by atomic mass is 16.6. The van der Waals surface area contributed by atoms with Gasteiger partial charge >= 0.3 is 5.97 Å². The van der Waals surface area contributed by atoms with Crippen molar-refractivity contribution in [3.05, 3.63) is 39.4 Å². The Bertz CT molecular complexity index is 791. The van der Waals surface area contributed by atoms with Gasteiger partial charge in [-0.1, -0.05) is 13.8 Å². The zero-order chi connectivity index (χ0) is 20.4. The standard InChI is InChI=1S/C18H23N3O6/c1-11(2)18(17(24)25)6-7-20(10-18)15(22)9-19-16(23)13-4-5-14(21(26)27)12(3)8-13/h4-5,8,11H,6-7,9-10H2,1-3H3,(H,19,23)(H,24,25). The van der Waals surface area contributed by atoms with Crippen LogP contribution in [-0.4, -0.2) is 52.3 Å². The summed E-state index contributed by atoms with van der Waals surface area (Å²) in [4.78, 5) is 47.9. The third kappa shape index (κ3) is 4.07. The topological polar surface area (TPSA) is 130 Å². The minimum Gasteiger partial charge on any atom is -0.481 e. The average Bonchev–Trinajstić information content (AvgIpc) is 3.06. The van der Waals surface area contributed by atoms with Crippen LogP contribution in [0.5, 0.6) is 0 Å². The number of amides is 2. The second-order valence-corrected chi connectivity index (χ2v) is 7.12. The number of carboxylic acid groups (broad SMARTS) is 1. The van der Waals surface area contributed by atoms with Gasteiger partial charge in [0.25, 0.3) is 11.6 Å². The lowest BCUT2D eigenvalue weighted by Gasteiger charge is -2.28. The van der Waals surface area contributed by atoms with Gasteiger partial charge < -0.3 is 15.3 Å². The first kappa shape index (κ1) is 20.3. The van der Waals surface area contributed by atoms with Gasteiger partial charge in [0.15, 0.2) is 0 Å². The molecule has 1 aliphatic heterocycles. The number of nitrogens with one attached hydrogen (secondary N) is 1. The van der Waals surface area contributed by atoms with Crippen molar-refractivity contribution >= 4 is 23.5 Å². The first-order valence-electron chi connectivity index (χ1n) is 8.63. The van der Waals surface area contributed by atoms with Gasteiger partial charge in [0.1, 0.15) is 0 Å². The highest BCUT2D eigenvalue weighted by Gasteiger charge is 2.48. The number of aryl methyl sites for hydroxylation is 1. The number of nitrogens with zero attached hydrogens (tertiary/aromatic N) is 2. The molecule has 1 unspecified atom stereocenters. The Labute approximate surface area is 156 Å². The van der Waals surface area contributed by atoms with Crippen LogP contribution in [-0.2, 0) is 9.59 Å². The van der Waals surface area contributed by atoms with E-state index in [2.05, 4.69) is 5.32 Å². The molecule has 0 aromatic heterocycles. The largest absolute Gasteiger partial charge is 0.481 e. The summed E-state index contributed by atoms with van der Waals surface area (Å²) in [6, 6.07) is 3.97. The first-order chi connectivity index (χ1) is 12.6. The monoisotopic (exact) mass is 377 g/mol. The zero-order valence-corrected chi connectivity index (χ0v) is 15.5. The van der Waals surface area contributed by atoms with Gasteiger partial charge in [-0.05, 0) is 31.4 Å². The van der Waals surface area contributed by atoms with E-state index in [1.807, 2.05) is 13.8 Å². The molecule has 0 aliphatic carbocycles. The minimum absolute atomic E-state index is 0.0848. The molecule has 1 aliphatic rings. The van der Waals surface area contributed by atoms with E-state index in [1.54, 1.807) is 0 Å². The summed E-state index contributed by atoms with van der Waals surface area (Å²) in [5.41, 5.74) is -0.482. The molecule has 2 amide bonds. The number of carbonyl (C=O) groups is 3. The number of rotatable bonds is 6. The van der Waals surface area contributed by atoms with E-state index in [4.69, 9.17) is 0 Å². The maximum absolute atomic E-state index is 12.4. The fraction of sp³-hybridized carbons (Fsp3) is 0.500. The van der Waals surface area contributed by atoms with E-state index in [9.17, 15) is 29.6 Å². The van der Waals surface area contributed by atoms with Crippen LogP contribution in [0.3, 0.4) is 0 Å². The Morgan fingerprint density at radius 2 is 2.04 bits per heavy atom. The molecule has 9 heteroatoms. The lowest BCUT2D eigenvalue weighted by atomic mass is 9.76. The van der Waals surface area contributed by atoms with E-state index in [0.29, 0.717) is 18.5 Å². The molecule has 0 bridgehead atoms. The molecular formula is C18H23N3O6. The normalized spacial score (nSPS) is 19.2. The predicted molar refractivity (Wildman–Crippen MR) is 96.3 cm³/mol. The van der Waals surface area contributed by atoms with Gasteiger partial charge in [-0.3, -0.25) is 24.5 Å². The van der Waals surface area contributed by atoms with Crippen LogP contribution in [0.15, 0.2) is 18.2 Å². The summed E-state index contributed by atoms with van der Waals surface area (Å²) in [6.45, 7) is 5.35. The van der Waals surface area contributed by atoms with Crippen molar-refractivity contribution in [3.63, 3.8) is 0 Å². The molecule has 9 nitrogen and oxygen atoms in total. The van der Waals surface area contributed by atoms with Gasteiger partial charge in [-0.2, -0.15) is 0 Å². The molecular weight excluding hydrogens is 354 g/mol. The summed E-state index contributed by atoms with van der Waals surface area (Å²) >= 11 is 0. The third-order valence-electron chi connectivity index (χ3n) is 5.24. The number of nitro benzene ring substituents is 1. The van der Waals surface area contributed by atoms with E-state index in [0.717, 1.165) is 0 Å². The van der Waals surface area contributed by atoms with Crippen molar-refractivity contribution in [2.24, 2.45) is 11.3 Å². The molecule has 1 aromatic carbocycles. The molecule has 2 N–H and O–H groups in total. The van der Waals surface area contributed by atoms with Crippen molar-refractivity contribution in [2.45, 2.75) is 27.2 Å². The Balaban J connectivity index is 1.98. The smallest absolute Gasteiger partial charge is 0.311 e. The Hall–Kier alpha value is -2.97. The maximum atomic E-state index is 12.4. The van der Waals surface area contributed by atoms with Crippen LogP contribution in [0.25, 0.3) is 0 Å².